The van der Waals surface area contributed by atoms with E-state index in [1.54, 1.807) is 6.08 Å². The van der Waals surface area contributed by atoms with Gasteiger partial charge in [0, 0.05) is 36.8 Å². The molecular formula is C21H33N3O2. The van der Waals surface area contributed by atoms with E-state index in [-0.39, 0.29) is 24.0 Å². The van der Waals surface area contributed by atoms with E-state index in [1.165, 1.54) is 0 Å². The lowest BCUT2D eigenvalue weighted by Crippen LogP contribution is -2.47. The summed E-state index contributed by atoms with van der Waals surface area (Å²) in [7, 11) is 0. The van der Waals surface area contributed by atoms with Crippen LogP contribution in [0.25, 0.3) is 0 Å². The molecule has 1 aromatic carbocycles. The molecule has 1 heterocycles. The summed E-state index contributed by atoms with van der Waals surface area (Å²) < 4.78 is 5.73. The van der Waals surface area contributed by atoms with Gasteiger partial charge in [-0.15, -0.1) is 0 Å². The molecule has 0 radical (unpaired) electrons. The zero-order valence-electron chi connectivity index (χ0n) is 16.5. The molecule has 1 amide bonds. The van der Waals surface area contributed by atoms with Crippen molar-refractivity contribution >= 4 is 5.91 Å². The van der Waals surface area contributed by atoms with Gasteiger partial charge in [-0.1, -0.05) is 30.9 Å². The van der Waals surface area contributed by atoms with Crippen molar-refractivity contribution in [3.05, 3.63) is 42.5 Å². The fourth-order valence-electron chi connectivity index (χ4n) is 3.41. The van der Waals surface area contributed by atoms with Crippen molar-refractivity contribution in [3.8, 4) is 5.75 Å². The van der Waals surface area contributed by atoms with Gasteiger partial charge >= 0.3 is 0 Å². The minimum absolute atomic E-state index is 0.0674. The normalized spacial score (nSPS) is 20.5. The number of benzene rings is 1. The van der Waals surface area contributed by atoms with Gasteiger partial charge in [0.05, 0.1) is 6.04 Å². The van der Waals surface area contributed by atoms with Crippen molar-refractivity contribution in [1.82, 2.24) is 15.5 Å². The minimum atomic E-state index is -0.0674. The third kappa shape index (κ3) is 5.58. The molecule has 0 spiro atoms. The van der Waals surface area contributed by atoms with E-state index in [0.29, 0.717) is 12.6 Å². The lowest BCUT2D eigenvalue weighted by atomic mass is 10.1. The highest BCUT2D eigenvalue weighted by atomic mass is 16.5. The fraction of sp³-hybridized carbons (Fsp3) is 0.571. The number of hydrogen-bond acceptors (Lipinski definition) is 4. The Bertz CT molecular complexity index is 601. The molecule has 26 heavy (non-hydrogen) atoms. The monoisotopic (exact) mass is 359 g/mol. The second kappa shape index (κ2) is 9.74. The van der Waals surface area contributed by atoms with E-state index in [1.807, 2.05) is 32.0 Å². The maximum atomic E-state index is 12.6. The standard InChI is InChI=1S/C21H33N3O2/c1-6-11-26-20-10-8-7-9-17(20)13-22-18-12-19(21(25)23-15(2)3)24(14-18)16(4)5/h6-10,15-16,18-19,22H,1,11-14H2,2-5H3,(H,23,25)/t18-,19+/m1/s1. The van der Waals surface area contributed by atoms with E-state index < -0.39 is 0 Å². The zero-order chi connectivity index (χ0) is 19.1. The molecule has 5 heteroatoms. The first-order valence-electron chi connectivity index (χ1n) is 9.53. The quantitative estimate of drug-likeness (QED) is 0.666. The van der Waals surface area contributed by atoms with Gasteiger partial charge in [-0.05, 0) is 40.2 Å². The molecule has 2 N–H and O–H groups in total. The first-order valence-corrected chi connectivity index (χ1v) is 9.53. The average molecular weight is 360 g/mol. The number of ether oxygens (including phenoxy) is 1. The molecule has 0 unspecified atom stereocenters. The topological polar surface area (TPSA) is 53.6 Å². The predicted octanol–water partition coefficient (Wildman–Crippen LogP) is 2.72. The number of carbonyl (C=O) groups excluding carboxylic acids is 1. The first kappa shape index (κ1) is 20.5. The van der Waals surface area contributed by atoms with Crippen LogP contribution in [-0.4, -0.2) is 48.1 Å². The molecular weight excluding hydrogens is 326 g/mol. The molecule has 2 rings (SSSR count). The van der Waals surface area contributed by atoms with Crippen LogP contribution in [-0.2, 0) is 11.3 Å². The van der Waals surface area contributed by atoms with Crippen molar-refractivity contribution in [2.45, 2.75) is 64.8 Å². The van der Waals surface area contributed by atoms with E-state index >= 15 is 0 Å². The largest absolute Gasteiger partial charge is 0.489 e. The summed E-state index contributed by atoms with van der Waals surface area (Å²) >= 11 is 0. The highest BCUT2D eigenvalue weighted by Gasteiger charge is 2.37. The van der Waals surface area contributed by atoms with E-state index in [2.05, 4.69) is 42.0 Å². The maximum Gasteiger partial charge on any atom is 0.237 e. The highest BCUT2D eigenvalue weighted by Crippen LogP contribution is 2.23. The summed E-state index contributed by atoms with van der Waals surface area (Å²) in [5.41, 5.74) is 1.13. The van der Waals surface area contributed by atoms with Crippen LogP contribution in [0, 0.1) is 0 Å². The molecule has 0 saturated carbocycles. The summed E-state index contributed by atoms with van der Waals surface area (Å²) in [6, 6.07) is 8.77. The predicted molar refractivity (Wildman–Crippen MR) is 106 cm³/mol. The summed E-state index contributed by atoms with van der Waals surface area (Å²) in [6.07, 6.45) is 2.58. The summed E-state index contributed by atoms with van der Waals surface area (Å²) in [5.74, 6) is 1.01. The number of likely N-dealkylation sites (tertiary alicyclic amines) is 1. The van der Waals surface area contributed by atoms with E-state index in [0.717, 1.165) is 30.8 Å². The minimum Gasteiger partial charge on any atom is -0.489 e. The third-order valence-electron chi connectivity index (χ3n) is 4.65. The van der Waals surface area contributed by atoms with Crippen LogP contribution in [0.2, 0.25) is 0 Å². The van der Waals surface area contributed by atoms with Crippen molar-refractivity contribution in [3.63, 3.8) is 0 Å². The van der Waals surface area contributed by atoms with Gasteiger partial charge in [0.15, 0.2) is 0 Å². The molecule has 144 valence electrons. The molecule has 5 nitrogen and oxygen atoms in total. The molecule has 1 saturated heterocycles. The van der Waals surface area contributed by atoms with Crippen molar-refractivity contribution in [1.29, 1.82) is 0 Å². The van der Waals surface area contributed by atoms with Crippen LogP contribution >= 0.6 is 0 Å². The summed E-state index contributed by atoms with van der Waals surface area (Å²) in [6.45, 7) is 14.1. The Morgan fingerprint density at radius 3 is 2.73 bits per heavy atom. The summed E-state index contributed by atoms with van der Waals surface area (Å²) in [5, 5.41) is 6.67. The Morgan fingerprint density at radius 2 is 2.08 bits per heavy atom. The van der Waals surface area contributed by atoms with Gasteiger partial charge < -0.3 is 15.4 Å². The first-order chi connectivity index (χ1) is 12.4. The van der Waals surface area contributed by atoms with Gasteiger partial charge in [-0.25, -0.2) is 0 Å². The summed E-state index contributed by atoms with van der Waals surface area (Å²) in [4.78, 5) is 14.8. The van der Waals surface area contributed by atoms with Crippen molar-refractivity contribution < 1.29 is 9.53 Å². The fourth-order valence-corrected chi connectivity index (χ4v) is 3.41. The van der Waals surface area contributed by atoms with Gasteiger partial charge in [0.2, 0.25) is 5.91 Å². The highest BCUT2D eigenvalue weighted by molar-refractivity contribution is 5.82. The number of amides is 1. The molecule has 0 aliphatic carbocycles. The molecule has 1 fully saturated rings. The smallest absolute Gasteiger partial charge is 0.237 e. The Morgan fingerprint density at radius 1 is 1.35 bits per heavy atom. The Labute approximate surface area is 157 Å². The Kier molecular flexibility index (Phi) is 7.66. The van der Waals surface area contributed by atoms with Gasteiger partial charge in [0.25, 0.3) is 0 Å². The lowest BCUT2D eigenvalue weighted by molar-refractivity contribution is -0.126. The van der Waals surface area contributed by atoms with Crippen LogP contribution in [0.15, 0.2) is 36.9 Å². The molecule has 1 aliphatic rings. The van der Waals surface area contributed by atoms with Crippen LogP contribution < -0.4 is 15.4 Å². The SMILES string of the molecule is C=CCOc1ccccc1CN[C@@H]1C[C@@H](C(=O)NC(C)C)N(C(C)C)C1. The molecule has 0 bridgehead atoms. The van der Waals surface area contributed by atoms with E-state index in [9.17, 15) is 4.79 Å². The maximum absolute atomic E-state index is 12.6. The average Bonchev–Trinajstić information content (AvgIpc) is 3.03. The van der Waals surface area contributed by atoms with Crippen LogP contribution in [0.3, 0.4) is 0 Å². The molecule has 1 aromatic rings. The number of hydrogen-bond donors (Lipinski definition) is 2. The second-order valence-corrected chi connectivity index (χ2v) is 7.49. The number of para-hydroxylation sites is 1. The molecule has 0 aromatic heterocycles. The number of nitrogens with zero attached hydrogens (tertiary/aromatic N) is 1. The number of rotatable bonds is 9. The van der Waals surface area contributed by atoms with Crippen LogP contribution in [0.4, 0.5) is 0 Å². The number of nitrogens with one attached hydrogen (secondary N) is 2. The van der Waals surface area contributed by atoms with Crippen LogP contribution in [0.1, 0.15) is 39.7 Å². The Balaban J connectivity index is 1.98. The molecule has 1 aliphatic heterocycles. The second-order valence-electron chi connectivity index (χ2n) is 7.49. The zero-order valence-corrected chi connectivity index (χ0v) is 16.5. The van der Waals surface area contributed by atoms with E-state index in [4.69, 9.17) is 4.74 Å². The molecule has 2 atom stereocenters. The van der Waals surface area contributed by atoms with Gasteiger partial charge in [-0.2, -0.15) is 0 Å². The lowest BCUT2D eigenvalue weighted by Gasteiger charge is -2.27. The van der Waals surface area contributed by atoms with Gasteiger partial charge in [0.1, 0.15) is 12.4 Å². The van der Waals surface area contributed by atoms with Gasteiger partial charge in [-0.3, -0.25) is 9.69 Å². The number of carbonyl (C=O) groups is 1. The van der Waals surface area contributed by atoms with Crippen LogP contribution in [0.5, 0.6) is 5.75 Å². The third-order valence-corrected chi connectivity index (χ3v) is 4.65. The Hall–Kier alpha value is -1.85. The van der Waals surface area contributed by atoms with Crippen molar-refractivity contribution in [2.75, 3.05) is 13.2 Å². The van der Waals surface area contributed by atoms with Crippen molar-refractivity contribution in [2.24, 2.45) is 0 Å².